The minimum atomic E-state index is 0.434. The topological polar surface area (TPSA) is 99.9 Å². The lowest BCUT2D eigenvalue weighted by Gasteiger charge is -2.17. The quantitative estimate of drug-likeness (QED) is 0.174. The Kier molecular flexibility index (Phi) is 9.10. The van der Waals surface area contributed by atoms with Gasteiger partial charge in [0.2, 0.25) is 0 Å². The van der Waals surface area contributed by atoms with Crippen molar-refractivity contribution in [3.63, 3.8) is 0 Å². The monoisotopic (exact) mass is 558 g/mol. The van der Waals surface area contributed by atoms with E-state index in [1.54, 1.807) is 11.1 Å². The molecule has 5 aromatic rings. The van der Waals surface area contributed by atoms with Crippen molar-refractivity contribution in [2.75, 3.05) is 32.4 Å². The lowest BCUT2D eigenvalue weighted by atomic mass is 10.1. The Morgan fingerprint density at radius 3 is 2.50 bits per heavy atom. The molecule has 2 aromatic carbocycles. The fourth-order valence-electron chi connectivity index (χ4n) is 5.49. The van der Waals surface area contributed by atoms with Crippen LogP contribution in [0.4, 0.5) is 5.82 Å². The molecule has 0 aliphatic carbocycles. The first kappa shape index (κ1) is 28.8. The number of benzene rings is 2. The molecule has 0 bridgehead atoms. The molecule has 6 rings (SSSR count). The van der Waals surface area contributed by atoms with Gasteiger partial charge in [-0.05, 0) is 67.3 Å². The number of aromatic nitrogens is 4. The summed E-state index contributed by atoms with van der Waals surface area (Å²) in [5.41, 5.74) is 12.8. The second-order valence-corrected chi connectivity index (χ2v) is 10.5. The summed E-state index contributed by atoms with van der Waals surface area (Å²) >= 11 is 0. The zero-order valence-corrected chi connectivity index (χ0v) is 24.6. The van der Waals surface area contributed by atoms with Crippen LogP contribution in [0.1, 0.15) is 32.3 Å². The highest BCUT2D eigenvalue weighted by Gasteiger charge is 2.23. The molecule has 1 fully saturated rings. The first-order valence-corrected chi connectivity index (χ1v) is 14.7. The maximum atomic E-state index is 9.01. The lowest BCUT2D eigenvalue weighted by Crippen LogP contribution is -2.22. The Balaban J connectivity index is 0.00000173. The molecular weight excluding hydrogens is 520 g/mol. The van der Waals surface area contributed by atoms with Crippen molar-refractivity contribution < 1.29 is 0 Å². The van der Waals surface area contributed by atoms with Crippen molar-refractivity contribution in [3.8, 4) is 34.5 Å². The van der Waals surface area contributed by atoms with E-state index in [0.29, 0.717) is 11.7 Å². The number of hydrogen-bond donors (Lipinski definition) is 1. The number of likely N-dealkylation sites (tertiary alicyclic amines) is 1. The number of nitrogens with two attached hydrogens (primary N) is 1. The number of imidazole rings is 1. The van der Waals surface area contributed by atoms with Crippen molar-refractivity contribution in [2.24, 2.45) is 5.92 Å². The third-order valence-electron chi connectivity index (χ3n) is 7.67. The molecule has 0 spiro atoms. The van der Waals surface area contributed by atoms with Gasteiger partial charge in [-0.3, -0.25) is 9.47 Å². The summed E-state index contributed by atoms with van der Waals surface area (Å²) in [7, 11) is 1.85. The molecule has 8 heteroatoms. The van der Waals surface area contributed by atoms with Crippen LogP contribution in [-0.4, -0.2) is 56.0 Å². The molecule has 8 nitrogen and oxygen atoms in total. The van der Waals surface area contributed by atoms with Gasteiger partial charge in [-0.1, -0.05) is 56.3 Å². The van der Waals surface area contributed by atoms with E-state index in [0.717, 1.165) is 72.1 Å². The van der Waals surface area contributed by atoms with Crippen LogP contribution in [0.5, 0.6) is 0 Å². The van der Waals surface area contributed by atoms with Crippen LogP contribution < -0.4 is 5.73 Å². The van der Waals surface area contributed by atoms with Gasteiger partial charge in [-0.15, -0.1) is 0 Å². The van der Waals surface area contributed by atoms with Crippen molar-refractivity contribution in [1.82, 2.24) is 29.3 Å². The average Bonchev–Trinajstić information content (AvgIpc) is 3.65. The molecule has 42 heavy (non-hydrogen) atoms. The van der Waals surface area contributed by atoms with Crippen LogP contribution in [0.3, 0.4) is 0 Å². The molecule has 2 N–H and O–H groups in total. The molecule has 1 aliphatic rings. The number of nitrogens with zero attached hydrogens (tertiary/aromatic N) is 7. The van der Waals surface area contributed by atoms with E-state index in [4.69, 9.17) is 21.0 Å². The summed E-state index contributed by atoms with van der Waals surface area (Å²) in [5, 5.41) is 9.01. The van der Waals surface area contributed by atoms with Crippen molar-refractivity contribution >= 4 is 17.0 Å². The van der Waals surface area contributed by atoms with Gasteiger partial charge >= 0.3 is 0 Å². The summed E-state index contributed by atoms with van der Waals surface area (Å²) in [6.07, 6.45) is 6.13. The Morgan fingerprint density at radius 1 is 0.976 bits per heavy atom. The van der Waals surface area contributed by atoms with E-state index < -0.39 is 0 Å². The number of rotatable bonds is 8. The van der Waals surface area contributed by atoms with Crippen LogP contribution in [-0.2, 0) is 6.54 Å². The fraction of sp³-hybridized carbons (Fsp3) is 0.294. The molecule has 1 atom stereocenters. The van der Waals surface area contributed by atoms with E-state index in [1.807, 2.05) is 63.4 Å². The van der Waals surface area contributed by atoms with Gasteiger partial charge in [-0.2, -0.15) is 5.26 Å². The molecule has 1 saturated heterocycles. The Hall–Kier alpha value is -4.74. The minimum Gasteiger partial charge on any atom is -0.383 e. The SMILES string of the molecule is CC.CN(C#N)CCC1CCN(Cc2ccc(-n3c(-c4cccnc4N)nc4ccc(-c5ccccc5)nc43)cc2)C1. The van der Waals surface area contributed by atoms with Gasteiger partial charge in [0.25, 0.3) is 0 Å². The van der Waals surface area contributed by atoms with E-state index in [-0.39, 0.29) is 0 Å². The van der Waals surface area contributed by atoms with Crippen LogP contribution >= 0.6 is 0 Å². The number of nitriles is 1. The highest BCUT2D eigenvalue weighted by atomic mass is 15.2. The Bertz CT molecular complexity index is 1650. The van der Waals surface area contributed by atoms with Crippen LogP contribution in [0.2, 0.25) is 0 Å². The second kappa shape index (κ2) is 13.3. The summed E-state index contributed by atoms with van der Waals surface area (Å²) < 4.78 is 2.08. The largest absolute Gasteiger partial charge is 0.383 e. The summed E-state index contributed by atoms with van der Waals surface area (Å²) in [4.78, 5) is 18.5. The Morgan fingerprint density at radius 2 is 1.76 bits per heavy atom. The number of hydrogen-bond acceptors (Lipinski definition) is 7. The maximum absolute atomic E-state index is 9.01. The van der Waals surface area contributed by atoms with Crippen molar-refractivity contribution in [1.29, 1.82) is 5.26 Å². The zero-order chi connectivity index (χ0) is 29.5. The second-order valence-electron chi connectivity index (χ2n) is 10.5. The first-order valence-electron chi connectivity index (χ1n) is 14.7. The van der Waals surface area contributed by atoms with E-state index in [9.17, 15) is 0 Å². The van der Waals surface area contributed by atoms with Crippen LogP contribution in [0, 0.1) is 17.4 Å². The zero-order valence-electron chi connectivity index (χ0n) is 24.6. The molecule has 3 aromatic heterocycles. The number of anilines is 1. The standard InChI is InChI=1S/C32H32N8.C2H6/c1-38(22-33)18-15-24-16-19-39(21-24)20-23-9-11-26(12-10-23)40-31(27-8-5-17-35-30(27)34)37-29-14-13-28(36-32(29)40)25-6-3-2-4-7-25;1-2/h2-14,17,24H,15-16,18-21H2,1H3,(H2,34,35);1-2H3. The van der Waals surface area contributed by atoms with E-state index >= 15 is 0 Å². The van der Waals surface area contributed by atoms with Gasteiger partial charge in [0.05, 0.1) is 11.3 Å². The highest BCUT2D eigenvalue weighted by molar-refractivity contribution is 5.84. The number of fused-ring (bicyclic) bond motifs is 1. The van der Waals surface area contributed by atoms with Gasteiger partial charge in [0.1, 0.15) is 11.3 Å². The Labute approximate surface area is 248 Å². The predicted octanol–water partition coefficient (Wildman–Crippen LogP) is 6.38. The van der Waals surface area contributed by atoms with Crippen LogP contribution in [0.15, 0.2) is 85.1 Å². The smallest absolute Gasteiger partial charge is 0.179 e. The minimum absolute atomic E-state index is 0.434. The maximum Gasteiger partial charge on any atom is 0.179 e. The molecule has 0 radical (unpaired) electrons. The highest BCUT2D eigenvalue weighted by Crippen LogP contribution is 2.32. The van der Waals surface area contributed by atoms with E-state index in [1.165, 1.54) is 12.0 Å². The van der Waals surface area contributed by atoms with Gasteiger partial charge in [0.15, 0.2) is 17.7 Å². The summed E-state index contributed by atoms with van der Waals surface area (Å²) in [6.45, 7) is 7.90. The third kappa shape index (κ3) is 6.27. The molecule has 1 unspecified atom stereocenters. The van der Waals surface area contributed by atoms with Gasteiger partial charge in [0, 0.05) is 44.1 Å². The van der Waals surface area contributed by atoms with E-state index in [2.05, 4.69) is 57.0 Å². The molecule has 4 heterocycles. The molecule has 0 saturated carbocycles. The molecule has 0 amide bonds. The summed E-state index contributed by atoms with van der Waals surface area (Å²) in [5.74, 6) is 1.80. The molecule has 214 valence electrons. The molecular formula is C34H38N8. The van der Waals surface area contributed by atoms with Gasteiger partial charge in [-0.25, -0.2) is 15.0 Å². The number of pyridine rings is 2. The average molecular weight is 559 g/mol. The van der Waals surface area contributed by atoms with Crippen LogP contribution in [0.25, 0.3) is 39.5 Å². The predicted molar refractivity (Wildman–Crippen MR) is 170 cm³/mol. The van der Waals surface area contributed by atoms with Crippen molar-refractivity contribution in [2.45, 2.75) is 33.2 Å². The molecule has 1 aliphatic heterocycles. The lowest BCUT2D eigenvalue weighted by molar-refractivity contribution is 0.306. The van der Waals surface area contributed by atoms with Gasteiger partial charge < -0.3 is 10.6 Å². The van der Waals surface area contributed by atoms with Crippen molar-refractivity contribution in [3.05, 3.63) is 90.6 Å². The first-order chi connectivity index (χ1) is 20.6. The third-order valence-corrected chi connectivity index (χ3v) is 7.67. The number of nitrogen functional groups attached to an aromatic ring is 1. The summed E-state index contributed by atoms with van der Waals surface area (Å²) in [6, 6.07) is 26.7. The normalized spacial score (nSPS) is 14.8. The fourth-order valence-corrected chi connectivity index (χ4v) is 5.49.